The van der Waals surface area contributed by atoms with Crippen molar-refractivity contribution in [3.63, 3.8) is 0 Å². The number of sulfonamides is 1. The fraction of sp³-hybridized carbons (Fsp3) is 0.208. The molecule has 0 bridgehead atoms. The second-order valence-corrected chi connectivity index (χ2v) is 9.88. The van der Waals surface area contributed by atoms with E-state index in [9.17, 15) is 13.2 Å². The van der Waals surface area contributed by atoms with Gasteiger partial charge in [0.15, 0.2) is 0 Å². The summed E-state index contributed by atoms with van der Waals surface area (Å²) in [6.07, 6.45) is 0. The van der Waals surface area contributed by atoms with Gasteiger partial charge in [0.2, 0.25) is 5.91 Å². The minimum Gasteiger partial charge on any atom is -0.325 e. The van der Waals surface area contributed by atoms with E-state index in [2.05, 4.69) is 19.2 Å². The average molecular weight is 457 g/mol. The highest BCUT2D eigenvalue weighted by Gasteiger charge is 2.28. The van der Waals surface area contributed by atoms with Crippen LogP contribution in [0.25, 0.3) is 0 Å². The molecule has 31 heavy (non-hydrogen) atoms. The van der Waals surface area contributed by atoms with Crippen molar-refractivity contribution in [2.24, 2.45) is 0 Å². The molecule has 3 aromatic rings. The molecular formula is C24H25ClN2O3S. The first kappa shape index (κ1) is 22.8. The summed E-state index contributed by atoms with van der Waals surface area (Å²) in [6, 6.07) is 20.5. The Morgan fingerprint density at radius 3 is 2.23 bits per heavy atom. The number of carbonyl (C=O) groups excluding carboxylic acids is 1. The smallest absolute Gasteiger partial charge is 0.264 e. The first-order valence-corrected chi connectivity index (χ1v) is 11.7. The molecule has 162 valence electrons. The third-order valence-corrected chi connectivity index (χ3v) is 6.92. The number of nitrogens with zero attached hydrogens (tertiary/aromatic N) is 1. The third kappa shape index (κ3) is 5.46. The lowest BCUT2D eigenvalue weighted by molar-refractivity contribution is -0.114. The van der Waals surface area contributed by atoms with E-state index in [1.807, 2.05) is 24.3 Å². The number of anilines is 2. The summed E-state index contributed by atoms with van der Waals surface area (Å²) in [6.45, 7) is 5.58. The molecular weight excluding hydrogens is 432 g/mol. The van der Waals surface area contributed by atoms with Crippen molar-refractivity contribution in [2.75, 3.05) is 16.2 Å². The molecule has 0 aliphatic carbocycles. The number of carbonyl (C=O) groups is 1. The number of halogens is 1. The molecule has 1 amide bonds. The molecule has 5 nitrogen and oxygen atoms in total. The second-order valence-electron chi connectivity index (χ2n) is 7.58. The van der Waals surface area contributed by atoms with E-state index >= 15 is 0 Å². The predicted octanol–water partition coefficient (Wildman–Crippen LogP) is 5.61. The van der Waals surface area contributed by atoms with E-state index in [0.717, 1.165) is 9.87 Å². The van der Waals surface area contributed by atoms with Gasteiger partial charge < -0.3 is 5.32 Å². The highest BCUT2D eigenvalue weighted by Crippen LogP contribution is 2.29. The number of hydrogen-bond acceptors (Lipinski definition) is 3. The largest absolute Gasteiger partial charge is 0.325 e. The van der Waals surface area contributed by atoms with Crippen molar-refractivity contribution in [1.82, 2.24) is 0 Å². The van der Waals surface area contributed by atoms with Crippen LogP contribution in [-0.2, 0) is 14.8 Å². The lowest BCUT2D eigenvalue weighted by atomic mass is 10.0. The van der Waals surface area contributed by atoms with E-state index in [0.29, 0.717) is 27.9 Å². The normalized spacial score (nSPS) is 11.4. The molecule has 3 aromatic carbocycles. The number of amides is 1. The van der Waals surface area contributed by atoms with Crippen LogP contribution in [0.5, 0.6) is 0 Å². The van der Waals surface area contributed by atoms with Crippen molar-refractivity contribution in [1.29, 1.82) is 0 Å². The van der Waals surface area contributed by atoms with Crippen molar-refractivity contribution >= 4 is 38.9 Å². The molecule has 0 heterocycles. The summed E-state index contributed by atoms with van der Waals surface area (Å²) in [5, 5.41) is 3.29. The van der Waals surface area contributed by atoms with Crippen LogP contribution in [0, 0.1) is 6.92 Å². The minimum atomic E-state index is -3.97. The Morgan fingerprint density at radius 1 is 1.00 bits per heavy atom. The zero-order chi connectivity index (χ0) is 22.6. The molecule has 0 spiro atoms. The summed E-state index contributed by atoms with van der Waals surface area (Å²) < 4.78 is 27.9. The number of nitrogens with one attached hydrogen (secondary N) is 1. The van der Waals surface area contributed by atoms with Gasteiger partial charge in [-0.25, -0.2) is 8.42 Å². The number of aryl methyl sites for hydroxylation is 1. The molecule has 0 aliphatic heterocycles. The van der Waals surface area contributed by atoms with Gasteiger partial charge in [-0.1, -0.05) is 55.8 Å². The molecule has 0 aromatic heterocycles. The molecule has 3 rings (SSSR count). The van der Waals surface area contributed by atoms with Gasteiger partial charge in [-0.3, -0.25) is 9.10 Å². The zero-order valence-corrected chi connectivity index (χ0v) is 19.2. The van der Waals surface area contributed by atoms with Gasteiger partial charge in [0, 0.05) is 10.7 Å². The summed E-state index contributed by atoms with van der Waals surface area (Å²) in [5.74, 6) is -0.0599. The highest BCUT2D eigenvalue weighted by atomic mass is 35.5. The fourth-order valence-electron chi connectivity index (χ4n) is 3.20. The van der Waals surface area contributed by atoms with Crippen molar-refractivity contribution in [3.8, 4) is 0 Å². The maximum absolute atomic E-state index is 13.4. The second kappa shape index (κ2) is 9.54. The molecule has 0 saturated heterocycles. The maximum Gasteiger partial charge on any atom is 0.264 e. The van der Waals surface area contributed by atoms with Crippen LogP contribution in [0.3, 0.4) is 0 Å². The van der Waals surface area contributed by atoms with Crippen LogP contribution in [0.2, 0.25) is 5.02 Å². The number of rotatable bonds is 7. The van der Waals surface area contributed by atoms with E-state index in [-0.39, 0.29) is 11.4 Å². The Balaban J connectivity index is 1.92. The maximum atomic E-state index is 13.4. The van der Waals surface area contributed by atoms with Crippen molar-refractivity contribution < 1.29 is 13.2 Å². The lowest BCUT2D eigenvalue weighted by Gasteiger charge is -2.25. The monoisotopic (exact) mass is 456 g/mol. The van der Waals surface area contributed by atoms with Gasteiger partial charge in [0.05, 0.1) is 10.6 Å². The topological polar surface area (TPSA) is 66.5 Å². The Labute approximate surface area is 188 Å². The minimum absolute atomic E-state index is 0.110. The molecule has 1 N–H and O–H groups in total. The molecule has 0 aliphatic rings. The van der Waals surface area contributed by atoms with E-state index in [1.165, 1.54) is 12.1 Å². The Bertz CT molecular complexity index is 1160. The fourth-order valence-corrected chi connectivity index (χ4v) is 4.93. The summed E-state index contributed by atoms with van der Waals surface area (Å²) in [5.41, 5.74) is 2.82. The standard InChI is InChI=1S/C24H25ClN2O3S/c1-17(2)19-9-12-21(13-10-19)26-24(28)16-27(23-14-11-20(25)15-18(23)3)31(29,30)22-7-5-4-6-8-22/h4-15,17H,16H2,1-3H3,(H,26,28). The molecule has 0 saturated carbocycles. The predicted molar refractivity (Wildman–Crippen MR) is 126 cm³/mol. The van der Waals surface area contributed by atoms with Gasteiger partial charge in [0.1, 0.15) is 6.54 Å². The summed E-state index contributed by atoms with van der Waals surface area (Å²) >= 11 is 6.05. The third-order valence-electron chi connectivity index (χ3n) is 4.91. The lowest BCUT2D eigenvalue weighted by Crippen LogP contribution is -2.38. The summed E-state index contributed by atoms with van der Waals surface area (Å²) in [7, 11) is -3.97. The Morgan fingerprint density at radius 2 is 1.65 bits per heavy atom. The molecule has 0 radical (unpaired) electrons. The first-order chi connectivity index (χ1) is 14.7. The van der Waals surface area contributed by atoms with Crippen LogP contribution in [0.15, 0.2) is 77.7 Å². The van der Waals surface area contributed by atoms with E-state index in [1.54, 1.807) is 43.3 Å². The van der Waals surface area contributed by atoms with Gasteiger partial charge in [-0.2, -0.15) is 0 Å². The van der Waals surface area contributed by atoms with E-state index in [4.69, 9.17) is 11.6 Å². The molecule has 7 heteroatoms. The van der Waals surface area contributed by atoms with Crippen LogP contribution >= 0.6 is 11.6 Å². The van der Waals surface area contributed by atoms with Gasteiger partial charge in [-0.05, 0) is 66.4 Å². The van der Waals surface area contributed by atoms with Gasteiger partial charge >= 0.3 is 0 Å². The van der Waals surface area contributed by atoms with Crippen LogP contribution < -0.4 is 9.62 Å². The molecule has 0 fully saturated rings. The number of hydrogen-bond donors (Lipinski definition) is 1. The number of benzene rings is 3. The van der Waals surface area contributed by atoms with Crippen molar-refractivity contribution in [2.45, 2.75) is 31.6 Å². The molecule has 0 unspecified atom stereocenters. The Kier molecular flexibility index (Phi) is 7.03. The van der Waals surface area contributed by atoms with Crippen molar-refractivity contribution in [3.05, 3.63) is 88.9 Å². The van der Waals surface area contributed by atoms with Crippen LogP contribution in [0.4, 0.5) is 11.4 Å². The van der Waals surface area contributed by atoms with E-state index < -0.39 is 15.9 Å². The van der Waals surface area contributed by atoms with Gasteiger partial charge in [-0.15, -0.1) is 0 Å². The highest BCUT2D eigenvalue weighted by molar-refractivity contribution is 7.92. The van der Waals surface area contributed by atoms with Gasteiger partial charge in [0.25, 0.3) is 10.0 Å². The first-order valence-electron chi connectivity index (χ1n) is 9.92. The SMILES string of the molecule is Cc1cc(Cl)ccc1N(CC(=O)Nc1ccc(C(C)C)cc1)S(=O)(=O)c1ccccc1. The Hall–Kier alpha value is -2.83. The zero-order valence-electron chi connectivity index (χ0n) is 17.7. The van der Waals surface area contributed by atoms with Crippen LogP contribution in [0.1, 0.15) is 30.9 Å². The average Bonchev–Trinajstić information content (AvgIpc) is 2.73. The molecule has 0 atom stereocenters. The quantitative estimate of drug-likeness (QED) is 0.502. The van der Waals surface area contributed by atoms with Crippen LogP contribution in [-0.4, -0.2) is 20.9 Å². The summed E-state index contributed by atoms with van der Waals surface area (Å²) in [4.78, 5) is 12.9.